The summed E-state index contributed by atoms with van der Waals surface area (Å²) in [6, 6.07) is 0. The van der Waals surface area contributed by atoms with E-state index in [1.165, 1.54) is 76.7 Å². The van der Waals surface area contributed by atoms with Gasteiger partial charge in [0.15, 0.2) is 5.78 Å². The summed E-state index contributed by atoms with van der Waals surface area (Å²) in [5.41, 5.74) is 0. The molecule has 0 aliphatic carbocycles. The van der Waals surface area contributed by atoms with Crippen molar-refractivity contribution in [1.82, 2.24) is 10.2 Å². The average Bonchev–Trinajstić information content (AvgIpc) is 3.20. The topological polar surface area (TPSA) is 52.6 Å². The highest BCUT2D eigenvalue weighted by molar-refractivity contribution is 5.83. The maximum absolute atomic E-state index is 12.4. The number of carbonyl (C=O) groups excluding carboxylic acids is 1. The lowest BCUT2D eigenvalue weighted by Gasteiger charge is -2.25. The minimum Gasteiger partial charge on any atom is -0.375 e. The van der Waals surface area contributed by atoms with E-state index in [1.54, 1.807) is 4.90 Å². The summed E-state index contributed by atoms with van der Waals surface area (Å²) >= 11 is 0. The zero-order chi connectivity index (χ0) is 20.5. The lowest BCUT2D eigenvalue weighted by Crippen LogP contribution is -2.47. The van der Waals surface area contributed by atoms with Gasteiger partial charge in [-0.05, 0) is 38.2 Å². The number of aliphatic hydroxyl groups is 1. The Hall–Kier alpha value is -0.970. The highest BCUT2D eigenvalue weighted by Crippen LogP contribution is 2.14. The molecule has 0 aromatic carbocycles. The molecule has 162 valence electrons. The Morgan fingerprint density at radius 1 is 1.04 bits per heavy atom. The maximum atomic E-state index is 12.4. The molecule has 2 atom stereocenters. The van der Waals surface area contributed by atoms with E-state index in [2.05, 4.69) is 31.0 Å². The van der Waals surface area contributed by atoms with Crippen LogP contribution in [-0.2, 0) is 4.79 Å². The van der Waals surface area contributed by atoms with E-state index in [0.717, 1.165) is 19.4 Å². The molecule has 1 fully saturated rings. The summed E-state index contributed by atoms with van der Waals surface area (Å²) in [5.74, 6) is 0.191. The quantitative estimate of drug-likeness (QED) is 0.244. The first kappa shape index (κ1) is 25.1. The molecular formula is C24H44N2O2. The Morgan fingerprint density at radius 2 is 1.61 bits per heavy atom. The number of unbranched alkanes of at least 4 members (excludes halogenated alkanes) is 11. The summed E-state index contributed by atoms with van der Waals surface area (Å²) < 4.78 is 0. The number of hydrogen-bond donors (Lipinski definition) is 2. The van der Waals surface area contributed by atoms with Crippen LogP contribution in [0.3, 0.4) is 0 Å². The van der Waals surface area contributed by atoms with Crippen LogP contribution in [0, 0.1) is 0 Å². The predicted octanol–water partition coefficient (Wildman–Crippen LogP) is 5.33. The van der Waals surface area contributed by atoms with E-state index in [4.69, 9.17) is 0 Å². The fourth-order valence-electron chi connectivity index (χ4n) is 3.80. The lowest BCUT2D eigenvalue weighted by atomic mass is 10.1. The van der Waals surface area contributed by atoms with E-state index in [-0.39, 0.29) is 11.9 Å². The molecular weight excluding hydrogens is 348 g/mol. The van der Waals surface area contributed by atoms with Crippen molar-refractivity contribution in [2.75, 3.05) is 13.1 Å². The van der Waals surface area contributed by atoms with Crippen molar-refractivity contribution >= 4 is 5.78 Å². The van der Waals surface area contributed by atoms with Crippen molar-refractivity contribution < 1.29 is 9.90 Å². The van der Waals surface area contributed by atoms with Gasteiger partial charge in [0.2, 0.25) is 0 Å². The first-order chi connectivity index (χ1) is 13.7. The minimum absolute atomic E-state index is 0.191. The van der Waals surface area contributed by atoms with Crippen LogP contribution in [0.15, 0.2) is 24.8 Å². The molecule has 2 N–H and O–H groups in total. The Labute approximate surface area is 173 Å². The number of nitrogens with one attached hydrogen (secondary N) is 1. The van der Waals surface area contributed by atoms with Crippen LogP contribution in [0.5, 0.6) is 0 Å². The maximum Gasteiger partial charge on any atom is 0.164 e. The normalized spacial score (nSPS) is 18.7. The van der Waals surface area contributed by atoms with Crippen LogP contribution in [0.25, 0.3) is 0 Å². The third kappa shape index (κ3) is 11.1. The van der Waals surface area contributed by atoms with E-state index in [9.17, 15) is 9.90 Å². The van der Waals surface area contributed by atoms with Gasteiger partial charge >= 0.3 is 0 Å². The van der Waals surface area contributed by atoms with Crippen molar-refractivity contribution in [2.24, 2.45) is 0 Å². The SMILES string of the molecule is C=CC(O)N1CCNC1C(=O)CCCCCCC/C=C\CCCCCCCC. The first-order valence-electron chi connectivity index (χ1n) is 11.7. The minimum atomic E-state index is -0.738. The summed E-state index contributed by atoms with van der Waals surface area (Å²) in [6.45, 7) is 7.31. The molecule has 1 aliphatic rings. The molecule has 1 rings (SSSR count). The standard InChI is InChI=1S/C24H44N2O2/c1-3-5-6-7-8-9-10-11-12-13-14-15-16-17-18-19-22(27)24-25-20-21-26(24)23(28)4-2/h4,11-12,23-25,28H,2-3,5-10,13-21H2,1H3/b12-11-. The Balaban J connectivity index is 1.93. The Kier molecular flexibility index (Phi) is 15.2. The van der Waals surface area contributed by atoms with Crippen LogP contribution in [0.4, 0.5) is 0 Å². The van der Waals surface area contributed by atoms with Crippen molar-refractivity contribution in [3.05, 3.63) is 24.8 Å². The van der Waals surface area contributed by atoms with Gasteiger partial charge in [-0.15, -0.1) is 0 Å². The van der Waals surface area contributed by atoms with Crippen molar-refractivity contribution in [1.29, 1.82) is 0 Å². The van der Waals surface area contributed by atoms with Crippen molar-refractivity contribution in [3.63, 3.8) is 0 Å². The fourth-order valence-corrected chi connectivity index (χ4v) is 3.80. The molecule has 0 aromatic heterocycles. The van der Waals surface area contributed by atoms with Gasteiger partial charge in [-0.1, -0.05) is 77.0 Å². The number of Topliss-reactive ketones (excluding diaryl/α,β-unsaturated/α-hetero) is 1. The molecule has 2 unspecified atom stereocenters. The highest BCUT2D eigenvalue weighted by Gasteiger charge is 2.32. The molecule has 0 spiro atoms. The number of carbonyl (C=O) groups is 1. The van der Waals surface area contributed by atoms with Crippen LogP contribution in [0.1, 0.15) is 96.8 Å². The number of rotatable bonds is 18. The molecule has 0 saturated carbocycles. The largest absolute Gasteiger partial charge is 0.375 e. The highest BCUT2D eigenvalue weighted by atomic mass is 16.3. The lowest BCUT2D eigenvalue weighted by molar-refractivity contribution is -0.127. The van der Waals surface area contributed by atoms with Crippen LogP contribution in [0.2, 0.25) is 0 Å². The average molecular weight is 393 g/mol. The Morgan fingerprint density at radius 3 is 2.21 bits per heavy atom. The van der Waals surface area contributed by atoms with Gasteiger partial charge in [-0.25, -0.2) is 0 Å². The first-order valence-corrected chi connectivity index (χ1v) is 11.7. The summed E-state index contributed by atoms with van der Waals surface area (Å²) in [4.78, 5) is 14.1. The number of hydrogen-bond acceptors (Lipinski definition) is 4. The molecule has 0 aromatic rings. The van der Waals surface area contributed by atoms with Crippen LogP contribution >= 0.6 is 0 Å². The van der Waals surface area contributed by atoms with Gasteiger partial charge in [-0.2, -0.15) is 0 Å². The van der Waals surface area contributed by atoms with E-state index < -0.39 is 6.23 Å². The monoisotopic (exact) mass is 392 g/mol. The second-order valence-electron chi connectivity index (χ2n) is 8.04. The zero-order valence-electron chi connectivity index (χ0n) is 18.2. The van der Waals surface area contributed by atoms with Gasteiger partial charge in [-0.3, -0.25) is 15.0 Å². The van der Waals surface area contributed by atoms with Crippen molar-refractivity contribution in [2.45, 2.75) is 109 Å². The van der Waals surface area contributed by atoms with Gasteiger partial charge in [0.25, 0.3) is 0 Å². The molecule has 1 saturated heterocycles. The van der Waals surface area contributed by atoms with E-state index in [1.807, 2.05) is 0 Å². The summed E-state index contributed by atoms with van der Waals surface area (Å²) in [7, 11) is 0. The molecule has 4 nitrogen and oxygen atoms in total. The molecule has 28 heavy (non-hydrogen) atoms. The van der Waals surface area contributed by atoms with Crippen molar-refractivity contribution in [3.8, 4) is 0 Å². The van der Waals surface area contributed by atoms with E-state index >= 15 is 0 Å². The second kappa shape index (κ2) is 16.9. The molecule has 4 heteroatoms. The number of aliphatic hydroxyl groups excluding tert-OH is 1. The molecule has 0 amide bonds. The molecule has 1 heterocycles. The van der Waals surface area contributed by atoms with Gasteiger partial charge in [0, 0.05) is 19.5 Å². The second-order valence-corrected chi connectivity index (χ2v) is 8.04. The van der Waals surface area contributed by atoms with Gasteiger partial charge in [0.1, 0.15) is 12.4 Å². The predicted molar refractivity (Wildman–Crippen MR) is 119 cm³/mol. The smallest absolute Gasteiger partial charge is 0.164 e. The van der Waals surface area contributed by atoms with Crippen LogP contribution < -0.4 is 5.32 Å². The number of ketones is 1. The molecule has 1 aliphatic heterocycles. The summed E-state index contributed by atoms with van der Waals surface area (Å²) in [6.07, 6.45) is 22.1. The van der Waals surface area contributed by atoms with Gasteiger partial charge in [0.05, 0.1) is 0 Å². The third-order valence-electron chi connectivity index (χ3n) is 5.58. The zero-order valence-corrected chi connectivity index (χ0v) is 18.2. The molecule has 0 bridgehead atoms. The van der Waals surface area contributed by atoms with Gasteiger partial charge < -0.3 is 5.11 Å². The fraction of sp³-hybridized carbons (Fsp3) is 0.792. The Bertz CT molecular complexity index is 436. The van der Waals surface area contributed by atoms with E-state index in [0.29, 0.717) is 13.0 Å². The van der Waals surface area contributed by atoms with Crippen LogP contribution in [-0.4, -0.2) is 41.3 Å². The summed E-state index contributed by atoms with van der Waals surface area (Å²) in [5, 5.41) is 13.1. The number of allylic oxidation sites excluding steroid dienone is 2. The molecule has 0 radical (unpaired) electrons. The number of nitrogens with zero attached hydrogens (tertiary/aromatic N) is 1. The third-order valence-corrected chi connectivity index (χ3v) is 5.58.